The number of amides is 2. The molecular weight excluding hydrogens is 459 g/mol. The van der Waals surface area contributed by atoms with E-state index in [1.165, 1.54) is 48.7 Å². The minimum absolute atomic E-state index is 0.0917. The molecule has 0 unspecified atom stereocenters. The van der Waals surface area contributed by atoms with Gasteiger partial charge in [-0.05, 0) is 61.0 Å². The zero-order chi connectivity index (χ0) is 25.2. The van der Waals surface area contributed by atoms with E-state index in [0.29, 0.717) is 29.4 Å². The highest BCUT2D eigenvalue weighted by atomic mass is 19.1. The maximum absolute atomic E-state index is 13.0. The summed E-state index contributed by atoms with van der Waals surface area (Å²) in [5.74, 6) is -0.779. The summed E-state index contributed by atoms with van der Waals surface area (Å²) in [5, 5.41) is 17.3. The van der Waals surface area contributed by atoms with Crippen molar-refractivity contribution in [3.05, 3.63) is 93.8 Å². The van der Waals surface area contributed by atoms with Crippen molar-refractivity contribution in [3.8, 4) is 11.5 Å². The van der Waals surface area contributed by atoms with Gasteiger partial charge in [0.2, 0.25) is 0 Å². The maximum Gasteiger partial charge on any atom is 0.271 e. The molecule has 0 fully saturated rings. The number of benzene rings is 3. The van der Waals surface area contributed by atoms with Gasteiger partial charge in [0.25, 0.3) is 17.5 Å². The minimum Gasteiger partial charge on any atom is -0.490 e. The minimum atomic E-state index is -0.609. The fraction of sp³-hybridized carbons (Fsp3) is 0.125. The molecule has 0 bridgehead atoms. The number of nitrogens with zero attached hydrogens (tertiary/aromatic N) is 2. The van der Waals surface area contributed by atoms with Crippen LogP contribution in [0, 0.1) is 15.9 Å². The molecule has 0 heterocycles. The fourth-order valence-corrected chi connectivity index (χ4v) is 2.86. The van der Waals surface area contributed by atoms with Gasteiger partial charge < -0.3 is 14.8 Å². The predicted molar refractivity (Wildman–Crippen MR) is 126 cm³/mol. The summed E-state index contributed by atoms with van der Waals surface area (Å²) in [5.41, 5.74) is 3.19. The van der Waals surface area contributed by atoms with Gasteiger partial charge in [-0.2, -0.15) is 5.10 Å². The smallest absolute Gasteiger partial charge is 0.271 e. The van der Waals surface area contributed by atoms with Crippen LogP contribution < -0.4 is 20.2 Å². The average molecular weight is 480 g/mol. The highest BCUT2D eigenvalue weighted by Gasteiger charge is 2.12. The topological polar surface area (TPSA) is 132 Å². The third-order valence-corrected chi connectivity index (χ3v) is 4.45. The van der Waals surface area contributed by atoms with Crippen LogP contribution in [0.5, 0.6) is 11.5 Å². The zero-order valence-electron chi connectivity index (χ0n) is 18.6. The number of nitro groups is 1. The van der Waals surface area contributed by atoms with Gasteiger partial charge in [0.15, 0.2) is 18.1 Å². The van der Waals surface area contributed by atoms with Crippen molar-refractivity contribution >= 4 is 29.4 Å². The molecule has 35 heavy (non-hydrogen) atoms. The van der Waals surface area contributed by atoms with Gasteiger partial charge in [-0.25, -0.2) is 9.82 Å². The monoisotopic (exact) mass is 480 g/mol. The molecule has 3 rings (SSSR count). The number of rotatable bonds is 10. The molecule has 2 amide bonds. The summed E-state index contributed by atoms with van der Waals surface area (Å²) >= 11 is 0. The Kier molecular flexibility index (Phi) is 8.43. The van der Waals surface area contributed by atoms with Crippen LogP contribution in [0.2, 0.25) is 0 Å². The van der Waals surface area contributed by atoms with E-state index in [0.717, 1.165) is 6.07 Å². The Hall–Kier alpha value is -4.80. The van der Waals surface area contributed by atoms with Gasteiger partial charge in [0.05, 0.1) is 17.7 Å². The van der Waals surface area contributed by atoms with Gasteiger partial charge in [0, 0.05) is 23.4 Å². The van der Waals surface area contributed by atoms with E-state index in [1.54, 1.807) is 25.1 Å². The van der Waals surface area contributed by atoms with Crippen LogP contribution in [0.4, 0.5) is 15.8 Å². The lowest BCUT2D eigenvalue weighted by Crippen LogP contribution is -2.20. The Labute approximate surface area is 199 Å². The van der Waals surface area contributed by atoms with E-state index in [1.807, 2.05) is 0 Å². The molecule has 0 aliphatic heterocycles. The predicted octanol–water partition coefficient (Wildman–Crippen LogP) is 3.91. The second-order valence-electron chi connectivity index (χ2n) is 6.99. The molecule has 10 nitrogen and oxygen atoms in total. The molecule has 0 spiro atoms. The molecule has 2 N–H and O–H groups in total. The number of nitrogens with one attached hydrogen (secondary N) is 2. The van der Waals surface area contributed by atoms with Gasteiger partial charge in [-0.3, -0.25) is 19.7 Å². The molecule has 0 aliphatic rings. The number of nitro benzene ring substituents is 1. The summed E-state index contributed by atoms with van der Waals surface area (Å²) < 4.78 is 24.1. The van der Waals surface area contributed by atoms with E-state index in [2.05, 4.69) is 15.8 Å². The van der Waals surface area contributed by atoms with Gasteiger partial charge in [-0.1, -0.05) is 6.07 Å². The summed E-state index contributed by atoms with van der Waals surface area (Å²) in [7, 11) is 0. The van der Waals surface area contributed by atoms with E-state index < -0.39 is 22.6 Å². The molecule has 0 saturated carbocycles. The largest absolute Gasteiger partial charge is 0.490 e. The highest BCUT2D eigenvalue weighted by molar-refractivity contribution is 5.95. The standard InChI is InChI=1S/C24H21FN4O6/c1-2-34-22-12-16(14-26-28-24(31)17-4-3-5-20(13-17)29(32)33)6-11-21(22)35-15-23(30)27-19-9-7-18(25)8-10-19/h3-14H,2,15H2,1H3,(H,27,30)(H,28,31). The molecule has 0 radical (unpaired) electrons. The summed E-state index contributed by atoms with van der Waals surface area (Å²) in [6, 6.07) is 15.4. The molecule has 3 aromatic rings. The van der Waals surface area contributed by atoms with Crippen molar-refractivity contribution in [1.29, 1.82) is 0 Å². The quantitative estimate of drug-likeness (QED) is 0.257. The molecule has 0 aliphatic carbocycles. The van der Waals surface area contributed by atoms with Gasteiger partial charge >= 0.3 is 0 Å². The number of hydrogen-bond acceptors (Lipinski definition) is 7. The van der Waals surface area contributed by atoms with Crippen LogP contribution in [0.15, 0.2) is 71.8 Å². The third-order valence-electron chi connectivity index (χ3n) is 4.45. The Morgan fingerprint density at radius 2 is 1.83 bits per heavy atom. The van der Waals surface area contributed by atoms with Crippen LogP contribution in [0.25, 0.3) is 0 Å². The first kappa shape index (κ1) is 24.8. The Bertz CT molecular complexity index is 1250. The number of ether oxygens (including phenoxy) is 2. The van der Waals surface area contributed by atoms with Crippen molar-refractivity contribution in [2.45, 2.75) is 6.92 Å². The number of carbonyl (C=O) groups excluding carboxylic acids is 2. The van der Waals surface area contributed by atoms with Crippen LogP contribution in [0.3, 0.4) is 0 Å². The van der Waals surface area contributed by atoms with Gasteiger partial charge in [-0.15, -0.1) is 0 Å². The SMILES string of the molecule is CCOc1cc(C=NNC(=O)c2cccc([N+](=O)[O-])c2)ccc1OCC(=O)Nc1ccc(F)cc1. The van der Waals surface area contributed by atoms with Gasteiger partial charge in [0.1, 0.15) is 5.82 Å². The normalized spacial score (nSPS) is 10.6. The molecular formula is C24H21FN4O6. The maximum atomic E-state index is 13.0. The number of carbonyl (C=O) groups is 2. The fourth-order valence-electron chi connectivity index (χ4n) is 2.86. The number of non-ortho nitro benzene ring substituents is 1. The summed E-state index contributed by atoms with van der Waals surface area (Å²) in [6.07, 6.45) is 1.36. The van der Waals surface area contributed by atoms with E-state index in [4.69, 9.17) is 9.47 Å². The number of halogens is 1. The molecule has 11 heteroatoms. The molecule has 3 aromatic carbocycles. The lowest BCUT2D eigenvalue weighted by atomic mass is 10.2. The molecule has 180 valence electrons. The lowest BCUT2D eigenvalue weighted by molar-refractivity contribution is -0.384. The van der Waals surface area contributed by atoms with Crippen LogP contribution in [-0.4, -0.2) is 36.2 Å². The Morgan fingerprint density at radius 1 is 1.06 bits per heavy atom. The van der Waals surface area contributed by atoms with E-state index in [9.17, 15) is 24.1 Å². The number of anilines is 1. The van der Waals surface area contributed by atoms with E-state index >= 15 is 0 Å². The molecule has 0 aromatic heterocycles. The Morgan fingerprint density at radius 3 is 2.54 bits per heavy atom. The first-order valence-electron chi connectivity index (χ1n) is 10.4. The van der Waals surface area contributed by atoms with Crippen molar-refractivity contribution in [2.24, 2.45) is 5.10 Å². The van der Waals surface area contributed by atoms with Crippen LogP contribution in [0.1, 0.15) is 22.8 Å². The number of hydrazone groups is 1. The Balaban J connectivity index is 1.60. The van der Waals surface area contributed by atoms with Crippen LogP contribution in [-0.2, 0) is 4.79 Å². The van der Waals surface area contributed by atoms with Crippen LogP contribution >= 0.6 is 0 Å². The summed E-state index contributed by atoms with van der Waals surface area (Å²) in [6.45, 7) is 1.82. The van der Waals surface area contributed by atoms with Crippen molar-refractivity contribution in [2.75, 3.05) is 18.5 Å². The van der Waals surface area contributed by atoms with Crippen molar-refractivity contribution in [3.63, 3.8) is 0 Å². The second-order valence-corrected chi connectivity index (χ2v) is 6.99. The van der Waals surface area contributed by atoms with Crippen molar-refractivity contribution in [1.82, 2.24) is 5.43 Å². The first-order valence-corrected chi connectivity index (χ1v) is 10.4. The molecule has 0 atom stereocenters. The number of hydrogen-bond donors (Lipinski definition) is 2. The lowest BCUT2D eigenvalue weighted by Gasteiger charge is -2.12. The third kappa shape index (κ3) is 7.35. The summed E-state index contributed by atoms with van der Waals surface area (Å²) in [4.78, 5) is 34.6. The zero-order valence-corrected chi connectivity index (χ0v) is 18.6. The van der Waals surface area contributed by atoms with E-state index in [-0.39, 0.29) is 17.9 Å². The molecule has 0 saturated heterocycles. The second kappa shape index (κ2) is 11.9. The average Bonchev–Trinajstić information content (AvgIpc) is 2.85. The first-order chi connectivity index (χ1) is 16.9. The van der Waals surface area contributed by atoms with Crippen molar-refractivity contribution < 1.29 is 28.4 Å². The highest BCUT2D eigenvalue weighted by Crippen LogP contribution is 2.28.